The number of carbonyl (C=O) groups is 2. The number of ketones is 1. The summed E-state index contributed by atoms with van der Waals surface area (Å²) in [6.45, 7) is 4.85. The number of benzene rings is 2. The Kier molecular flexibility index (Phi) is 5.99. The third-order valence-corrected chi connectivity index (χ3v) is 8.30. The van der Waals surface area contributed by atoms with Crippen LogP contribution in [0.1, 0.15) is 47.7 Å². The van der Waals surface area contributed by atoms with Gasteiger partial charge in [-0.2, -0.15) is 4.31 Å². The van der Waals surface area contributed by atoms with Crippen LogP contribution < -0.4 is 4.90 Å². The van der Waals surface area contributed by atoms with Gasteiger partial charge in [-0.05, 0) is 62.8 Å². The van der Waals surface area contributed by atoms with Gasteiger partial charge in [-0.1, -0.05) is 30.3 Å². The molecule has 0 radical (unpaired) electrons. The lowest BCUT2D eigenvalue weighted by Crippen LogP contribution is -2.46. The van der Waals surface area contributed by atoms with Gasteiger partial charge in [0.15, 0.2) is 5.78 Å². The summed E-state index contributed by atoms with van der Waals surface area (Å²) in [4.78, 5) is 26.9. The summed E-state index contributed by atoms with van der Waals surface area (Å²) in [5.41, 5.74) is 3.85. The molecule has 2 aromatic carbocycles. The van der Waals surface area contributed by atoms with Crippen LogP contribution in [-0.2, 0) is 21.2 Å². The van der Waals surface area contributed by atoms with Crippen molar-refractivity contribution >= 4 is 27.4 Å². The van der Waals surface area contributed by atoms with Gasteiger partial charge in [-0.25, -0.2) is 8.42 Å². The van der Waals surface area contributed by atoms with Crippen molar-refractivity contribution in [3.05, 3.63) is 59.2 Å². The first-order valence-corrected chi connectivity index (χ1v) is 12.2. The van der Waals surface area contributed by atoms with E-state index in [4.69, 9.17) is 0 Å². The molecule has 0 aliphatic carbocycles. The van der Waals surface area contributed by atoms with Crippen molar-refractivity contribution < 1.29 is 18.0 Å². The SMILES string of the molecule is CC(=O)c1ccc(S(=O)(=O)N2CCC(C(=O)N3CCCc4cccc(C)c43)CC2)cc1. The number of carbonyl (C=O) groups excluding carboxylic acids is 2. The first-order valence-electron chi connectivity index (χ1n) is 10.8. The van der Waals surface area contributed by atoms with Gasteiger partial charge in [0.2, 0.25) is 15.9 Å². The number of para-hydroxylation sites is 1. The van der Waals surface area contributed by atoms with E-state index in [2.05, 4.69) is 6.07 Å². The summed E-state index contributed by atoms with van der Waals surface area (Å²) in [5, 5.41) is 0. The fourth-order valence-corrected chi connectivity index (χ4v) is 6.11. The summed E-state index contributed by atoms with van der Waals surface area (Å²) in [6, 6.07) is 12.2. The van der Waals surface area contributed by atoms with E-state index in [0.717, 1.165) is 30.6 Å². The van der Waals surface area contributed by atoms with Crippen LogP contribution in [0.5, 0.6) is 0 Å². The van der Waals surface area contributed by atoms with Crippen LogP contribution in [-0.4, -0.2) is 44.0 Å². The van der Waals surface area contributed by atoms with Crippen LogP contribution >= 0.6 is 0 Å². The normalized spacial score (nSPS) is 17.9. The number of piperidine rings is 1. The van der Waals surface area contributed by atoms with Gasteiger partial charge < -0.3 is 4.90 Å². The van der Waals surface area contributed by atoms with Crippen molar-refractivity contribution in [3.8, 4) is 0 Å². The van der Waals surface area contributed by atoms with Gasteiger partial charge in [0.1, 0.15) is 0 Å². The van der Waals surface area contributed by atoms with Crippen LogP contribution in [0.25, 0.3) is 0 Å². The van der Waals surface area contributed by atoms with Gasteiger partial charge in [-0.3, -0.25) is 9.59 Å². The third kappa shape index (κ3) is 4.16. The Bertz CT molecular complexity index is 1100. The molecule has 1 fully saturated rings. The zero-order valence-corrected chi connectivity index (χ0v) is 18.8. The molecule has 0 spiro atoms. The molecule has 2 aliphatic rings. The molecule has 0 bridgehead atoms. The van der Waals surface area contributed by atoms with Gasteiger partial charge >= 0.3 is 0 Å². The van der Waals surface area contributed by atoms with Crippen molar-refractivity contribution in [3.63, 3.8) is 0 Å². The largest absolute Gasteiger partial charge is 0.312 e. The molecule has 0 atom stereocenters. The summed E-state index contributed by atoms with van der Waals surface area (Å²) in [7, 11) is -3.64. The number of fused-ring (bicyclic) bond motifs is 1. The number of rotatable bonds is 4. The second kappa shape index (κ2) is 8.55. The van der Waals surface area contributed by atoms with E-state index in [9.17, 15) is 18.0 Å². The predicted octanol–water partition coefficient (Wildman–Crippen LogP) is 3.58. The fraction of sp³-hybridized carbons (Fsp3) is 0.417. The van der Waals surface area contributed by atoms with Crippen LogP contribution in [0.2, 0.25) is 0 Å². The monoisotopic (exact) mass is 440 g/mol. The smallest absolute Gasteiger partial charge is 0.243 e. The lowest BCUT2D eigenvalue weighted by atomic mass is 9.93. The second-order valence-electron chi connectivity index (χ2n) is 8.43. The van der Waals surface area contributed by atoms with E-state index in [1.807, 2.05) is 24.0 Å². The molecule has 0 N–H and O–H groups in total. The maximum Gasteiger partial charge on any atom is 0.243 e. The molecule has 2 aliphatic heterocycles. The molecule has 164 valence electrons. The first-order chi connectivity index (χ1) is 14.8. The molecule has 4 rings (SSSR count). The van der Waals surface area contributed by atoms with Crippen LogP contribution in [0.4, 0.5) is 5.69 Å². The molecule has 2 aromatic rings. The van der Waals surface area contributed by atoms with E-state index in [1.54, 1.807) is 12.1 Å². The van der Waals surface area contributed by atoms with E-state index in [0.29, 0.717) is 31.5 Å². The molecule has 7 heteroatoms. The maximum absolute atomic E-state index is 13.3. The summed E-state index contributed by atoms with van der Waals surface area (Å²) >= 11 is 0. The zero-order valence-electron chi connectivity index (χ0n) is 18.0. The van der Waals surface area contributed by atoms with E-state index in [1.165, 1.54) is 28.9 Å². The summed E-state index contributed by atoms with van der Waals surface area (Å²) in [5.74, 6) is -0.159. The van der Waals surface area contributed by atoms with Crippen LogP contribution in [0.15, 0.2) is 47.4 Å². The maximum atomic E-state index is 13.3. The predicted molar refractivity (Wildman–Crippen MR) is 120 cm³/mol. The van der Waals surface area contributed by atoms with Gasteiger partial charge in [0.25, 0.3) is 0 Å². The minimum atomic E-state index is -3.64. The van der Waals surface area contributed by atoms with Gasteiger partial charge in [0, 0.05) is 36.8 Å². The second-order valence-corrected chi connectivity index (χ2v) is 10.4. The highest BCUT2D eigenvalue weighted by atomic mass is 32.2. The van der Waals surface area contributed by atoms with Crippen molar-refractivity contribution in [2.24, 2.45) is 5.92 Å². The van der Waals surface area contributed by atoms with Crippen LogP contribution in [0.3, 0.4) is 0 Å². The van der Waals surface area contributed by atoms with Gasteiger partial charge in [0.05, 0.1) is 4.90 Å². The summed E-state index contributed by atoms with van der Waals surface area (Å²) < 4.78 is 27.5. The number of hydrogen-bond acceptors (Lipinski definition) is 4. The molecule has 1 amide bonds. The number of amides is 1. The van der Waals surface area contributed by atoms with E-state index in [-0.39, 0.29) is 22.5 Å². The molecule has 1 saturated heterocycles. The lowest BCUT2D eigenvalue weighted by molar-refractivity contribution is -0.123. The van der Waals surface area contributed by atoms with E-state index < -0.39 is 10.0 Å². The third-order valence-electron chi connectivity index (χ3n) is 6.39. The highest BCUT2D eigenvalue weighted by Crippen LogP contribution is 2.33. The number of hydrogen-bond donors (Lipinski definition) is 0. The van der Waals surface area contributed by atoms with Crippen LogP contribution in [0, 0.1) is 12.8 Å². The lowest BCUT2D eigenvalue weighted by Gasteiger charge is -2.36. The number of aryl methyl sites for hydroxylation is 2. The van der Waals surface area contributed by atoms with E-state index >= 15 is 0 Å². The molecule has 0 unspecified atom stereocenters. The fourth-order valence-electron chi connectivity index (χ4n) is 4.64. The molecule has 31 heavy (non-hydrogen) atoms. The zero-order chi connectivity index (χ0) is 22.2. The molecular formula is C24H28N2O4S. The Balaban J connectivity index is 1.45. The highest BCUT2D eigenvalue weighted by molar-refractivity contribution is 7.89. The number of nitrogens with zero attached hydrogens (tertiary/aromatic N) is 2. The van der Waals surface area contributed by atoms with Crippen molar-refractivity contribution in [1.29, 1.82) is 0 Å². The average Bonchev–Trinajstić information content (AvgIpc) is 2.78. The van der Waals surface area contributed by atoms with Gasteiger partial charge in [-0.15, -0.1) is 0 Å². The Hall–Kier alpha value is -2.51. The minimum Gasteiger partial charge on any atom is -0.312 e. The Morgan fingerprint density at radius 1 is 0.968 bits per heavy atom. The van der Waals surface area contributed by atoms with Crippen molar-refractivity contribution in [2.45, 2.75) is 44.4 Å². The highest BCUT2D eigenvalue weighted by Gasteiger charge is 2.35. The first kappa shape index (κ1) is 21.7. The number of anilines is 1. The summed E-state index contributed by atoms with van der Waals surface area (Å²) in [6.07, 6.45) is 2.97. The Morgan fingerprint density at radius 3 is 2.29 bits per heavy atom. The Labute approximate surface area is 183 Å². The average molecular weight is 441 g/mol. The standard InChI is InChI=1S/C24H28N2O4S/c1-17-5-3-6-20-7-4-14-26(23(17)20)24(28)21-12-15-25(16-13-21)31(29,30)22-10-8-19(9-11-22)18(2)27/h3,5-6,8-11,21H,4,7,12-16H2,1-2H3. The minimum absolute atomic E-state index is 0.0993. The number of sulfonamides is 1. The van der Waals surface area contributed by atoms with Crippen molar-refractivity contribution in [1.82, 2.24) is 4.31 Å². The quantitative estimate of drug-likeness (QED) is 0.681. The molecule has 0 aromatic heterocycles. The molecule has 2 heterocycles. The van der Waals surface area contributed by atoms with Crippen molar-refractivity contribution in [2.75, 3.05) is 24.5 Å². The molecular weight excluding hydrogens is 412 g/mol. The molecule has 0 saturated carbocycles. The number of Topliss-reactive ketones (excluding diaryl/α,β-unsaturated/α-hetero) is 1. The topological polar surface area (TPSA) is 74.8 Å². The Morgan fingerprint density at radius 2 is 1.65 bits per heavy atom. The molecule has 6 nitrogen and oxygen atoms in total.